The lowest BCUT2D eigenvalue weighted by Crippen LogP contribution is -2.47. The van der Waals surface area contributed by atoms with Crippen molar-refractivity contribution in [3.63, 3.8) is 0 Å². The normalized spacial score (nSPS) is 11.9. The third-order valence-electron chi connectivity index (χ3n) is 4.72. The van der Waals surface area contributed by atoms with Crippen LogP contribution in [0.3, 0.4) is 0 Å². The van der Waals surface area contributed by atoms with Crippen LogP contribution in [0.2, 0.25) is 0 Å². The van der Waals surface area contributed by atoms with Crippen LogP contribution in [-0.4, -0.2) is 42.6 Å². The summed E-state index contributed by atoms with van der Waals surface area (Å²) in [6, 6.07) is 10.8. The zero-order chi connectivity index (χ0) is 20.9. The molecule has 3 heterocycles. The van der Waals surface area contributed by atoms with Crippen molar-refractivity contribution in [1.29, 1.82) is 0 Å². The number of hydrogen-bond donors (Lipinski definition) is 3. The SMILES string of the molecule is CC(=O)N[C@H](Cc1c[nH]c2ccccc12)C(=O)NCc1ccc(-n2cncn2)nc1. The molecule has 2 amide bonds. The maximum atomic E-state index is 12.8. The molecule has 0 saturated carbocycles. The van der Waals surface area contributed by atoms with Crippen molar-refractivity contribution in [2.24, 2.45) is 0 Å². The van der Waals surface area contributed by atoms with Gasteiger partial charge < -0.3 is 15.6 Å². The van der Waals surface area contributed by atoms with Gasteiger partial charge in [-0.15, -0.1) is 0 Å². The first-order chi connectivity index (χ1) is 14.6. The van der Waals surface area contributed by atoms with Gasteiger partial charge in [0.15, 0.2) is 5.82 Å². The molecule has 30 heavy (non-hydrogen) atoms. The molecule has 9 nitrogen and oxygen atoms in total. The van der Waals surface area contributed by atoms with Crippen LogP contribution in [0.4, 0.5) is 0 Å². The molecule has 4 rings (SSSR count). The number of para-hydroxylation sites is 1. The summed E-state index contributed by atoms with van der Waals surface area (Å²) in [5.74, 6) is 0.128. The third kappa shape index (κ3) is 4.35. The fraction of sp³-hybridized carbons (Fsp3) is 0.190. The molecule has 3 N–H and O–H groups in total. The number of carbonyl (C=O) groups excluding carboxylic acids is 2. The van der Waals surface area contributed by atoms with Crippen LogP contribution in [0.1, 0.15) is 18.1 Å². The van der Waals surface area contributed by atoms with Crippen LogP contribution in [0.5, 0.6) is 0 Å². The summed E-state index contributed by atoms with van der Waals surface area (Å²) in [6.45, 7) is 1.70. The minimum atomic E-state index is -0.677. The van der Waals surface area contributed by atoms with Gasteiger partial charge in [-0.3, -0.25) is 9.59 Å². The van der Waals surface area contributed by atoms with Crippen LogP contribution < -0.4 is 10.6 Å². The first-order valence-corrected chi connectivity index (χ1v) is 9.50. The molecular weight excluding hydrogens is 382 g/mol. The summed E-state index contributed by atoms with van der Waals surface area (Å²) in [4.78, 5) is 35.9. The maximum Gasteiger partial charge on any atom is 0.243 e. The minimum absolute atomic E-state index is 0.254. The molecule has 0 fully saturated rings. The Labute approximate surface area is 172 Å². The number of benzene rings is 1. The van der Waals surface area contributed by atoms with Gasteiger partial charge in [-0.2, -0.15) is 5.10 Å². The van der Waals surface area contributed by atoms with Crippen molar-refractivity contribution in [3.05, 3.63) is 72.6 Å². The fourth-order valence-corrected chi connectivity index (χ4v) is 3.27. The van der Waals surface area contributed by atoms with Crippen LogP contribution in [-0.2, 0) is 22.6 Å². The third-order valence-corrected chi connectivity index (χ3v) is 4.72. The number of aromatic amines is 1. The van der Waals surface area contributed by atoms with E-state index in [-0.39, 0.29) is 11.8 Å². The van der Waals surface area contributed by atoms with Gasteiger partial charge in [0.1, 0.15) is 18.7 Å². The summed E-state index contributed by atoms with van der Waals surface area (Å²) in [6.07, 6.45) is 6.93. The van der Waals surface area contributed by atoms with E-state index >= 15 is 0 Å². The second-order valence-electron chi connectivity index (χ2n) is 6.90. The van der Waals surface area contributed by atoms with Crippen LogP contribution in [0.15, 0.2) is 61.4 Å². The van der Waals surface area contributed by atoms with Crippen LogP contribution in [0, 0.1) is 0 Å². The number of fused-ring (bicyclic) bond motifs is 1. The van der Waals surface area contributed by atoms with E-state index in [4.69, 9.17) is 0 Å². The Morgan fingerprint density at radius 3 is 2.80 bits per heavy atom. The monoisotopic (exact) mass is 403 g/mol. The molecule has 0 bridgehead atoms. The molecule has 152 valence electrons. The van der Waals surface area contributed by atoms with Gasteiger partial charge in [0.2, 0.25) is 11.8 Å². The average Bonchev–Trinajstić information content (AvgIpc) is 3.42. The van der Waals surface area contributed by atoms with Gasteiger partial charge in [-0.1, -0.05) is 24.3 Å². The van der Waals surface area contributed by atoms with E-state index in [1.165, 1.54) is 13.3 Å². The number of nitrogens with zero attached hydrogens (tertiary/aromatic N) is 4. The van der Waals surface area contributed by atoms with Crippen molar-refractivity contribution in [3.8, 4) is 5.82 Å². The number of hydrogen-bond acceptors (Lipinski definition) is 5. The number of H-pyrrole nitrogens is 1. The number of rotatable bonds is 7. The highest BCUT2D eigenvalue weighted by Gasteiger charge is 2.21. The lowest BCUT2D eigenvalue weighted by atomic mass is 10.0. The molecule has 1 aromatic carbocycles. The van der Waals surface area contributed by atoms with Crippen LogP contribution >= 0.6 is 0 Å². The van der Waals surface area contributed by atoms with E-state index in [0.717, 1.165) is 22.0 Å². The summed E-state index contributed by atoms with van der Waals surface area (Å²) in [7, 11) is 0. The van der Waals surface area contributed by atoms with Gasteiger partial charge >= 0.3 is 0 Å². The van der Waals surface area contributed by atoms with E-state index in [1.54, 1.807) is 23.3 Å². The van der Waals surface area contributed by atoms with Gasteiger partial charge in [-0.25, -0.2) is 14.6 Å². The molecule has 4 aromatic rings. The Morgan fingerprint density at radius 2 is 2.07 bits per heavy atom. The van der Waals surface area contributed by atoms with Crippen molar-refractivity contribution >= 4 is 22.7 Å². The predicted octanol–water partition coefficient (Wildman–Crippen LogP) is 1.51. The molecule has 0 spiro atoms. The molecular formula is C21H21N7O2. The minimum Gasteiger partial charge on any atom is -0.361 e. The van der Waals surface area contributed by atoms with Gasteiger partial charge in [0.05, 0.1) is 0 Å². The molecule has 9 heteroatoms. The predicted molar refractivity (Wildman–Crippen MR) is 111 cm³/mol. The average molecular weight is 403 g/mol. The Balaban J connectivity index is 1.42. The van der Waals surface area contributed by atoms with E-state index < -0.39 is 6.04 Å². The molecule has 0 unspecified atom stereocenters. The Bertz CT molecular complexity index is 1150. The summed E-state index contributed by atoms with van der Waals surface area (Å²) in [5, 5.41) is 10.7. The Hall–Kier alpha value is -4.01. The smallest absolute Gasteiger partial charge is 0.243 e. The number of aromatic nitrogens is 5. The number of carbonyl (C=O) groups is 2. The van der Waals surface area contributed by atoms with Crippen molar-refractivity contribution in [1.82, 2.24) is 35.4 Å². The molecule has 0 aliphatic carbocycles. The lowest BCUT2D eigenvalue weighted by molar-refractivity contribution is -0.128. The first kappa shape index (κ1) is 19.3. The van der Waals surface area contributed by atoms with E-state index in [2.05, 4.69) is 30.7 Å². The Morgan fingerprint density at radius 1 is 1.20 bits per heavy atom. The standard InChI is InChI=1S/C21H21N7O2/c1-14(29)27-19(8-16-11-23-18-5-3-2-4-17(16)18)21(30)25-10-15-6-7-20(24-9-15)28-13-22-12-26-28/h2-7,9,11-13,19,23H,8,10H2,1H3,(H,25,30)(H,27,29)/t19-/m1/s1. The van der Waals surface area contributed by atoms with Crippen molar-refractivity contribution in [2.75, 3.05) is 0 Å². The second-order valence-corrected chi connectivity index (χ2v) is 6.90. The first-order valence-electron chi connectivity index (χ1n) is 9.50. The van der Waals surface area contributed by atoms with Crippen molar-refractivity contribution in [2.45, 2.75) is 25.9 Å². The molecule has 0 radical (unpaired) electrons. The largest absolute Gasteiger partial charge is 0.361 e. The van der Waals surface area contributed by atoms with E-state index in [0.29, 0.717) is 18.8 Å². The Kier molecular flexibility index (Phi) is 5.51. The van der Waals surface area contributed by atoms with Crippen molar-refractivity contribution < 1.29 is 9.59 Å². The number of pyridine rings is 1. The molecule has 0 aliphatic rings. The van der Waals surface area contributed by atoms with E-state index in [1.807, 2.05) is 36.5 Å². The summed E-state index contributed by atoms with van der Waals surface area (Å²) < 4.78 is 1.55. The zero-order valence-electron chi connectivity index (χ0n) is 16.4. The number of nitrogens with one attached hydrogen (secondary N) is 3. The van der Waals surface area contributed by atoms with Gasteiger partial charge in [0.25, 0.3) is 0 Å². The number of amides is 2. The second kappa shape index (κ2) is 8.56. The zero-order valence-corrected chi connectivity index (χ0v) is 16.4. The van der Waals surface area contributed by atoms with E-state index in [9.17, 15) is 9.59 Å². The molecule has 3 aromatic heterocycles. The highest BCUT2D eigenvalue weighted by Crippen LogP contribution is 2.19. The molecule has 0 saturated heterocycles. The maximum absolute atomic E-state index is 12.8. The lowest BCUT2D eigenvalue weighted by Gasteiger charge is -2.17. The molecule has 1 atom stereocenters. The van der Waals surface area contributed by atoms with Gasteiger partial charge in [0, 0.05) is 43.2 Å². The topological polar surface area (TPSA) is 118 Å². The van der Waals surface area contributed by atoms with Gasteiger partial charge in [-0.05, 0) is 23.3 Å². The highest BCUT2D eigenvalue weighted by molar-refractivity contribution is 5.89. The quantitative estimate of drug-likeness (QED) is 0.432. The summed E-state index contributed by atoms with van der Waals surface area (Å²) in [5.41, 5.74) is 2.80. The summed E-state index contributed by atoms with van der Waals surface area (Å²) >= 11 is 0. The molecule has 0 aliphatic heterocycles. The highest BCUT2D eigenvalue weighted by atomic mass is 16.2. The fourth-order valence-electron chi connectivity index (χ4n) is 3.27. The van der Waals surface area contributed by atoms with Crippen LogP contribution in [0.25, 0.3) is 16.7 Å².